The molecule has 1 aliphatic heterocycles. The van der Waals surface area contributed by atoms with E-state index in [4.69, 9.17) is 9.47 Å². The number of ether oxygens (including phenoxy) is 2. The van der Waals surface area contributed by atoms with Gasteiger partial charge in [-0.15, -0.1) is 0 Å². The Morgan fingerprint density at radius 1 is 0.878 bits per heavy atom. The number of benzene rings is 3. The molecular formula is C34H37N3O4. The lowest BCUT2D eigenvalue weighted by molar-refractivity contribution is -0.276. The van der Waals surface area contributed by atoms with Crippen molar-refractivity contribution in [2.45, 2.75) is 45.1 Å². The van der Waals surface area contributed by atoms with Crippen LogP contribution in [0, 0.1) is 5.92 Å². The Balaban J connectivity index is 1.30. The predicted octanol–water partition coefficient (Wildman–Crippen LogP) is 5.43. The zero-order valence-corrected chi connectivity index (χ0v) is 23.5. The van der Waals surface area contributed by atoms with Crippen LogP contribution in [0.1, 0.15) is 57.5 Å². The fourth-order valence-electron chi connectivity index (χ4n) is 5.17. The van der Waals surface area contributed by atoms with E-state index in [-0.39, 0.29) is 30.6 Å². The molecule has 0 aliphatic carbocycles. The van der Waals surface area contributed by atoms with Crippen molar-refractivity contribution in [2.75, 3.05) is 13.6 Å². The third-order valence-electron chi connectivity index (χ3n) is 7.54. The maximum atomic E-state index is 12.4. The molecule has 2 heterocycles. The summed E-state index contributed by atoms with van der Waals surface area (Å²) in [7, 11) is 2.12. The van der Waals surface area contributed by atoms with Crippen LogP contribution < -0.4 is 5.32 Å². The summed E-state index contributed by atoms with van der Waals surface area (Å²) in [6, 6.07) is 29.9. The molecule has 7 heteroatoms. The van der Waals surface area contributed by atoms with Gasteiger partial charge in [-0.25, -0.2) is 0 Å². The van der Waals surface area contributed by atoms with Crippen molar-refractivity contribution in [3.63, 3.8) is 0 Å². The standard InChI is InChI=1S/C34H37N3O4/c1-24-31(22-37(2)21-26-7-4-3-5-8-26)40-34(41-32(24)28-14-12-27(23-38)13-15-28)29-16-10-25(11-17-29)19-36-33(39)30-9-6-18-35-20-30/h3-18,20,24,31-32,34,38H,19,21-23H2,1-2H3,(H,36,39)/t24-,31+,32+,34+/m0/s1. The molecule has 4 aromatic rings. The molecule has 1 aliphatic rings. The second kappa shape index (κ2) is 13.7. The third kappa shape index (κ3) is 7.45. The van der Waals surface area contributed by atoms with Crippen LogP contribution in [0.2, 0.25) is 0 Å². The lowest BCUT2D eigenvalue weighted by Crippen LogP contribution is -2.43. The van der Waals surface area contributed by atoms with Gasteiger partial charge in [-0.3, -0.25) is 14.7 Å². The summed E-state index contributed by atoms with van der Waals surface area (Å²) >= 11 is 0. The van der Waals surface area contributed by atoms with E-state index in [0.29, 0.717) is 12.1 Å². The van der Waals surface area contributed by atoms with E-state index in [0.717, 1.165) is 35.3 Å². The van der Waals surface area contributed by atoms with Crippen molar-refractivity contribution < 1.29 is 19.4 Å². The highest BCUT2D eigenvalue weighted by Crippen LogP contribution is 2.41. The summed E-state index contributed by atoms with van der Waals surface area (Å²) < 4.78 is 13.2. The topological polar surface area (TPSA) is 83.9 Å². The minimum atomic E-state index is -0.539. The number of hydrogen-bond acceptors (Lipinski definition) is 6. The van der Waals surface area contributed by atoms with Gasteiger partial charge in [0.05, 0.1) is 24.4 Å². The van der Waals surface area contributed by atoms with Crippen LogP contribution in [0.15, 0.2) is 103 Å². The number of pyridine rings is 1. The van der Waals surface area contributed by atoms with E-state index < -0.39 is 6.29 Å². The molecule has 7 nitrogen and oxygen atoms in total. The van der Waals surface area contributed by atoms with Crippen LogP contribution >= 0.6 is 0 Å². The number of aliphatic hydroxyl groups excluding tert-OH is 1. The first-order valence-electron chi connectivity index (χ1n) is 14.0. The van der Waals surface area contributed by atoms with Gasteiger partial charge in [0.2, 0.25) is 0 Å². The number of carbonyl (C=O) groups is 1. The third-order valence-corrected chi connectivity index (χ3v) is 7.54. The van der Waals surface area contributed by atoms with E-state index in [1.807, 2.05) is 54.6 Å². The van der Waals surface area contributed by atoms with Crippen LogP contribution in [0.25, 0.3) is 0 Å². The molecule has 41 heavy (non-hydrogen) atoms. The van der Waals surface area contributed by atoms with Crippen LogP contribution in [0.4, 0.5) is 0 Å². The molecule has 3 aromatic carbocycles. The first-order chi connectivity index (χ1) is 20.0. The Hall–Kier alpha value is -3.88. The Kier molecular flexibility index (Phi) is 9.54. The number of nitrogens with one attached hydrogen (secondary N) is 1. The number of nitrogens with zero attached hydrogens (tertiary/aromatic N) is 2. The molecule has 4 atom stereocenters. The average molecular weight is 552 g/mol. The quantitative estimate of drug-likeness (QED) is 0.274. The van der Waals surface area contributed by atoms with Gasteiger partial charge >= 0.3 is 0 Å². The zero-order chi connectivity index (χ0) is 28.6. The molecule has 2 N–H and O–H groups in total. The maximum absolute atomic E-state index is 12.4. The molecule has 1 amide bonds. The highest BCUT2D eigenvalue weighted by molar-refractivity contribution is 5.93. The van der Waals surface area contributed by atoms with E-state index >= 15 is 0 Å². The smallest absolute Gasteiger partial charge is 0.253 e. The van der Waals surface area contributed by atoms with Gasteiger partial charge in [0.1, 0.15) is 0 Å². The van der Waals surface area contributed by atoms with Gasteiger partial charge < -0.3 is 19.9 Å². The number of aliphatic hydroxyl groups is 1. The molecule has 0 saturated carbocycles. The minimum Gasteiger partial charge on any atom is -0.392 e. The normalized spacial score (nSPS) is 20.6. The van der Waals surface area contributed by atoms with Crippen molar-refractivity contribution in [2.24, 2.45) is 5.92 Å². The summed E-state index contributed by atoms with van der Waals surface area (Å²) in [6.07, 6.45) is 2.42. The summed E-state index contributed by atoms with van der Waals surface area (Å²) in [4.78, 5) is 18.7. The van der Waals surface area contributed by atoms with Gasteiger partial charge in [-0.2, -0.15) is 0 Å². The number of likely N-dealkylation sites (N-methyl/N-ethyl adjacent to an activating group) is 1. The summed E-state index contributed by atoms with van der Waals surface area (Å²) in [5.41, 5.74) is 5.62. The molecule has 5 rings (SSSR count). The molecule has 1 aromatic heterocycles. The minimum absolute atomic E-state index is 0.00897. The highest BCUT2D eigenvalue weighted by Gasteiger charge is 2.38. The summed E-state index contributed by atoms with van der Waals surface area (Å²) in [5, 5.41) is 12.5. The van der Waals surface area contributed by atoms with Crippen molar-refractivity contribution >= 4 is 5.91 Å². The number of aromatic nitrogens is 1. The predicted molar refractivity (Wildman–Crippen MR) is 158 cm³/mol. The number of rotatable bonds is 10. The summed E-state index contributed by atoms with van der Waals surface area (Å²) in [6.45, 7) is 4.17. The highest BCUT2D eigenvalue weighted by atomic mass is 16.7. The zero-order valence-electron chi connectivity index (χ0n) is 23.5. The Bertz CT molecular complexity index is 1380. The van der Waals surface area contributed by atoms with Gasteiger partial charge in [0.15, 0.2) is 6.29 Å². The SMILES string of the molecule is C[C@H]1[C@@H](CN(C)Cc2ccccc2)O[C@@H](c2ccc(CNC(=O)c3cccnc3)cc2)O[C@H]1c1ccc(CO)cc1. The Labute approximate surface area is 241 Å². The number of carbonyl (C=O) groups excluding carboxylic acids is 1. The van der Waals surface area contributed by atoms with Crippen LogP contribution in [-0.2, 0) is 29.2 Å². The lowest BCUT2D eigenvalue weighted by atomic mass is 9.90. The molecule has 0 radical (unpaired) electrons. The van der Waals surface area contributed by atoms with Gasteiger partial charge in [0, 0.05) is 43.5 Å². The second-order valence-electron chi connectivity index (χ2n) is 10.7. The van der Waals surface area contributed by atoms with Gasteiger partial charge in [0.25, 0.3) is 5.91 Å². The first-order valence-corrected chi connectivity index (χ1v) is 14.0. The number of hydrogen-bond donors (Lipinski definition) is 2. The molecule has 0 spiro atoms. The average Bonchev–Trinajstić information content (AvgIpc) is 3.02. The van der Waals surface area contributed by atoms with Crippen LogP contribution in [-0.4, -0.2) is 40.6 Å². The van der Waals surface area contributed by atoms with Crippen molar-refractivity contribution in [3.05, 3.63) is 137 Å². The fourth-order valence-corrected chi connectivity index (χ4v) is 5.17. The largest absolute Gasteiger partial charge is 0.392 e. The van der Waals surface area contributed by atoms with Crippen LogP contribution in [0.5, 0.6) is 0 Å². The monoisotopic (exact) mass is 551 g/mol. The van der Waals surface area contributed by atoms with Crippen LogP contribution in [0.3, 0.4) is 0 Å². The van der Waals surface area contributed by atoms with E-state index in [2.05, 4.69) is 53.4 Å². The van der Waals surface area contributed by atoms with E-state index in [1.54, 1.807) is 24.5 Å². The lowest BCUT2D eigenvalue weighted by Gasteiger charge is -2.42. The van der Waals surface area contributed by atoms with Gasteiger partial charge in [-0.05, 0) is 41.4 Å². The molecule has 1 saturated heterocycles. The summed E-state index contributed by atoms with van der Waals surface area (Å²) in [5.74, 6) is -0.0564. The molecule has 0 bridgehead atoms. The maximum Gasteiger partial charge on any atom is 0.253 e. The van der Waals surface area contributed by atoms with Crippen molar-refractivity contribution in [3.8, 4) is 0 Å². The molecule has 1 fully saturated rings. The van der Waals surface area contributed by atoms with Crippen molar-refractivity contribution in [1.82, 2.24) is 15.2 Å². The second-order valence-corrected chi connectivity index (χ2v) is 10.7. The Morgan fingerprint density at radius 3 is 2.27 bits per heavy atom. The fraction of sp³-hybridized carbons (Fsp3) is 0.294. The van der Waals surface area contributed by atoms with E-state index in [1.165, 1.54) is 5.56 Å². The first kappa shape index (κ1) is 28.6. The van der Waals surface area contributed by atoms with E-state index in [9.17, 15) is 9.90 Å². The Morgan fingerprint density at radius 2 is 1.59 bits per heavy atom. The molecule has 0 unspecified atom stereocenters. The molecule has 212 valence electrons. The van der Waals surface area contributed by atoms with Gasteiger partial charge in [-0.1, -0.05) is 85.8 Å². The molecular weight excluding hydrogens is 514 g/mol. The number of amides is 1. The van der Waals surface area contributed by atoms with Crippen molar-refractivity contribution in [1.29, 1.82) is 0 Å².